The van der Waals surface area contributed by atoms with Crippen molar-refractivity contribution in [3.63, 3.8) is 0 Å². The second-order valence-corrected chi connectivity index (χ2v) is 2.77. The molecule has 0 spiro atoms. The second-order valence-electron chi connectivity index (χ2n) is 2.77. The van der Waals surface area contributed by atoms with Crippen molar-refractivity contribution in [2.45, 2.75) is 25.1 Å². The van der Waals surface area contributed by atoms with Gasteiger partial charge >= 0.3 is 7.12 Å². The van der Waals surface area contributed by atoms with Gasteiger partial charge in [-0.2, -0.15) is 0 Å². The Hall–Kier alpha value is -0.0951. The van der Waals surface area contributed by atoms with Gasteiger partial charge in [0.2, 0.25) is 0 Å². The van der Waals surface area contributed by atoms with E-state index in [4.69, 9.17) is 18.8 Å². The average Bonchev–Trinajstić information content (AvgIpc) is 2.18. The Bertz CT molecular complexity index is 137. The third kappa shape index (κ3) is 1.98. The Morgan fingerprint density at radius 2 is 1.92 bits per heavy atom. The van der Waals surface area contributed by atoms with E-state index in [0.717, 1.165) is 19.2 Å². The van der Waals surface area contributed by atoms with Gasteiger partial charge in [0, 0.05) is 27.8 Å². The zero-order valence-electron chi connectivity index (χ0n) is 7.83. The highest BCUT2D eigenvalue weighted by Gasteiger charge is 2.40. The van der Waals surface area contributed by atoms with Crippen LogP contribution in [0.15, 0.2) is 0 Å². The van der Waals surface area contributed by atoms with Crippen molar-refractivity contribution in [1.29, 1.82) is 0 Å². The van der Waals surface area contributed by atoms with Crippen LogP contribution >= 0.6 is 0 Å². The SMILES string of the molecule is COB1CCCC(OC)(OC)O1. The third-order valence-corrected chi connectivity index (χ3v) is 2.12. The molecule has 0 bridgehead atoms. The van der Waals surface area contributed by atoms with E-state index in [1.165, 1.54) is 0 Å². The summed E-state index contributed by atoms with van der Waals surface area (Å²) in [6.45, 7) is 0. The van der Waals surface area contributed by atoms with Crippen LogP contribution in [0.4, 0.5) is 0 Å². The normalized spacial score (nSPS) is 22.8. The van der Waals surface area contributed by atoms with Gasteiger partial charge in [0.15, 0.2) is 0 Å². The highest BCUT2D eigenvalue weighted by Crippen LogP contribution is 2.28. The number of rotatable bonds is 3. The maximum atomic E-state index is 5.45. The van der Waals surface area contributed by atoms with E-state index in [-0.39, 0.29) is 7.12 Å². The summed E-state index contributed by atoms with van der Waals surface area (Å²) in [7, 11) is 4.55. The largest absolute Gasteiger partial charge is 0.460 e. The first-order chi connectivity index (χ1) is 5.76. The Morgan fingerprint density at radius 1 is 1.25 bits per heavy atom. The van der Waals surface area contributed by atoms with Crippen molar-refractivity contribution in [1.82, 2.24) is 0 Å². The molecule has 5 heteroatoms. The topological polar surface area (TPSA) is 36.9 Å². The Labute approximate surface area is 73.3 Å². The standard InChI is InChI=1S/C7H15BO4/c1-9-7(10-2)5-4-6-8(11-3)12-7/h4-6H2,1-3H3. The molecule has 0 aromatic heterocycles. The molecule has 1 aliphatic rings. The summed E-state index contributed by atoms with van der Waals surface area (Å²) in [5.74, 6) is -0.890. The van der Waals surface area contributed by atoms with Crippen molar-refractivity contribution in [3.05, 3.63) is 0 Å². The monoisotopic (exact) mass is 174 g/mol. The molecule has 0 unspecified atom stereocenters. The molecule has 0 aromatic carbocycles. The first-order valence-electron chi connectivity index (χ1n) is 4.07. The van der Waals surface area contributed by atoms with Crippen LogP contribution in [-0.4, -0.2) is 34.4 Å². The first-order valence-corrected chi connectivity index (χ1v) is 4.07. The highest BCUT2D eigenvalue weighted by atomic mass is 16.9. The maximum Gasteiger partial charge on any atom is 0.460 e. The smallest absolute Gasteiger partial charge is 0.414 e. The lowest BCUT2D eigenvalue weighted by molar-refractivity contribution is -0.337. The van der Waals surface area contributed by atoms with Crippen molar-refractivity contribution < 1.29 is 18.8 Å². The average molecular weight is 174 g/mol. The molecule has 0 amide bonds. The van der Waals surface area contributed by atoms with Crippen molar-refractivity contribution in [3.8, 4) is 0 Å². The molecule has 1 saturated heterocycles. The van der Waals surface area contributed by atoms with E-state index in [2.05, 4.69) is 0 Å². The molecule has 0 atom stereocenters. The fraction of sp³-hybridized carbons (Fsp3) is 1.00. The number of hydrogen-bond acceptors (Lipinski definition) is 4. The minimum absolute atomic E-state index is 0.210. The minimum Gasteiger partial charge on any atom is -0.414 e. The Morgan fingerprint density at radius 3 is 2.42 bits per heavy atom. The fourth-order valence-corrected chi connectivity index (χ4v) is 1.35. The molecule has 1 fully saturated rings. The second kappa shape index (κ2) is 4.23. The summed E-state index contributed by atoms with van der Waals surface area (Å²) in [4.78, 5) is 0. The van der Waals surface area contributed by atoms with Crippen LogP contribution in [-0.2, 0) is 18.8 Å². The van der Waals surface area contributed by atoms with E-state index in [1.807, 2.05) is 0 Å². The van der Waals surface area contributed by atoms with Gasteiger partial charge in [-0.25, -0.2) is 0 Å². The zero-order valence-corrected chi connectivity index (χ0v) is 7.83. The van der Waals surface area contributed by atoms with Crippen LogP contribution in [0.3, 0.4) is 0 Å². The fourth-order valence-electron chi connectivity index (χ4n) is 1.35. The van der Waals surface area contributed by atoms with E-state index in [9.17, 15) is 0 Å². The molecule has 1 heterocycles. The summed E-state index contributed by atoms with van der Waals surface area (Å²) in [6.07, 6.45) is 2.63. The van der Waals surface area contributed by atoms with Gasteiger partial charge in [0.25, 0.3) is 5.97 Å². The third-order valence-electron chi connectivity index (χ3n) is 2.12. The van der Waals surface area contributed by atoms with Crippen molar-refractivity contribution in [2.75, 3.05) is 21.3 Å². The number of hydrogen-bond donors (Lipinski definition) is 0. The Kier molecular flexibility index (Phi) is 3.52. The molecular formula is C7H15BO4. The molecule has 12 heavy (non-hydrogen) atoms. The van der Waals surface area contributed by atoms with Crippen molar-refractivity contribution in [2.24, 2.45) is 0 Å². The van der Waals surface area contributed by atoms with Crippen LogP contribution in [0.5, 0.6) is 0 Å². The molecule has 0 radical (unpaired) electrons. The van der Waals surface area contributed by atoms with E-state index >= 15 is 0 Å². The summed E-state index contributed by atoms with van der Waals surface area (Å²) in [5, 5.41) is 0. The van der Waals surface area contributed by atoms with Crippen molar-refractivity contribution >= 4 is 7.12 Å². The lowest BCUT2D eigenvalue weighted by Crippen LogP contribution is -2.46. The predicted molar refractivity (Wildman–Crippen MR) is 44.6 cm³/mol. The van der Waals surface area contributed by atoms with Crippen LogP contribution in [0, 0.1) is 0 Å². The van der Waals surface area contributed by atoms with Gasteiger partial charge in [-0.05, 0) is 12.7 Å². The molecule has 0 aromatic rings. The van der Waals surface area contributed by atoms with Gasteiger partial charge in [-0.3, -0.25) is 0 Å². The van der Waals surface area contributed by atoms with Crippen LogP contribution < -0.4 is 0 Å². The van der Waals surface area contributed by atoms with E-state index in [0.29, 0.717) is 0 Å². The molecule has 70 valence electrons. The molecule has 4 nitrogen and oxygen atoms in total. The summed E-state index contributed by atoms with van der Waals surface area (Å²) < 4.78 is 20.8. The molecule has 1 rings (SSSR count). The van der Waals surface area contributed by atoms with Gasteiger partial charge < -0.3 is 18.8 Å². The molecule has 0 N–H and O–H groups in total. The molecular weight excluding hydrogens is 159 g/mol. The van der Waals surface area contributed by atoms with Crippen LogP contribution in [0.2, 0.25) is 6.32 Å². The van der Waals surface area contributed by atoms with Gasteiger partial charge in [0.1, 0.15) is 0 Å². The number of methoxy groups -OCH3 is 2. The summed E-state index contributed by atoms with van der Waals surface area (Å²) >= 11 is 0. The summed E-state index contributed by atoms with van der Waals surface area (Å²) in [6, 6.07) is 0. The van der Waals surface area contributed by atoms with Crippen LogP contribution in [0.25, 0.3) is 0 Å². The highest BCUT2D eigenvalue weighted by molar-refractivity contribution is 6.44. The van der Waals surface area contributed by atoms with Gasteiger partial charge in [-0.1, -0.05) is 0 Å². The minimum atomic E-state index is -0.890. The quantitative estimate of drug-likeness (QED) is 0.470. The number of ether oxygens (including phenoxy) is 2. The van der Waals surface area contributed by atoms with Gasteiger partial charge in [0.05, 0.1) is 0 Å². The summed E-state index contributed by atoms with van der Waals surface area (Å²) in [5.41, 5.74) is 0. The lowest BCUT2D eigenvalue weighted by Gasteiger charge is -2.36. The van der Waals surface area contributed by atoms with Crippen LogP contribution in [0.1, 0.15) is 12.8 Å². The van der Waals surface area contributed by atoms with E-state index in [1.54, 1.807) is 21.3 Å². The lowest BCUT2D eigenvalue weighted by atomic mass is 9.79. The Balaban J connectivity index is 2.52. The maximum absolute atomic E-state index is 5.45. The first kappa shape index (κ1) is 9.99. The van der Waals surface area contributed by atoms with E-state index < -0.39 is 5.97 Å². The molecule has 0 aliphatic carbocycles. The zero-order chi connectivity index (χ0) is 9.03. The predicted octanol–water partition coefficient (Wildman–Crippen LogP) is 0.878. The molecule has 0 saturated carbocycles. The molecule has 1 aliphatic heterocycles. The van der Waals surface area contributed by atoms with Gasteiger partial charge in [-0.15, -0.1) is 0 Å².